The molecule has 0 aromatic heterocycles. The van der Waals surface area contributed by atoms with Gasteiger partial charge in [-0.2, -0.15) is 0 Å². The maximum Gasteiger partial charge on any atom is 0.255 e. The highest BCUT2D eigenvalue weighted by atomic mass is 16.5. The normalized spacial score (nSPS) is 19.1. The fourth-order valence-electron chi connectivity index (χ4n) is 4.58. The van der Waals surface area contributed by atoms with Crippen molar-refractivity contribution in [3.8, 4) is 16.9 Å². The standard InChI is InChI=1S/C27H27N3O4/c1-33-25-12-11-21(13-24(25)29-26(31)16-30-15-23-14-22(30)17-34-23)28-27(32)20-9-7-19(8-10-20)18-5-3-2-4-6-18/h2-13,22-23H,14-17H2,1H3,(H,28,32)(H,29,31)/t22-,23+/m0/s1. The molecular formula is C27H27N3O4. The Morgan fingerprint density at radius 2 is 1.76 bits per heavy atom. The van der Waals surface area contributed by atoms with E-state index in [9.17, 15) is 9.59 Å². The number of hydrogen-bond acceptors (Lipinski definition) is 5. The molecule has 34 heavy (non-hydrogen) atoms. The molecule has 0 spiro atoms. The van der Waals surface area contributed by atoms with E-state index >= 15 is 0 Å². The van der Waals surface area contributed by atoms with Crippen molar-refractivity contribution in [3.05, 3.63) is 78.4 Å². The van der Waals surface area contributed by atoms with Gasteiger partial charge in [-0.15, -0.1) is 0 Å². The highest BCUT2D eigenvalue weighted by molar-refractivity contribution is 6.05. The molecule has 2 amide bonds. The summed E-state index contributed by atoms with van der Waals surface area (Å²) in [5.41, 5.74) is 3.78. The van der Waals surface area contributed by atoms with Crippen LogP contribution in [0.2, 0.25) is 0 Å². The van der Waals surface area contributed by atoms with E-state index in [1.54, 1.807) is 37.4 Å². The molecule has 2 atom stereocenters. The molecule has 2 bridgehead atoms. The number of fused-ring (bicyclic) bond motifs is 2. The molecule has 7 heteroatoms. The average Bonchev–Trinajstić information content (AvgIpc) is 3.48. The lowest BCUT2D eigenvalue weighted by atomic mass is 10.0. The highest BCUT2D eigenvalue weighted by Crippen LogP contribution is 2.30. The summed E-state index contributed by atoms with van der Waals surface area (Å²) in [6.45, 7) is 1.78. The van der Waals surface area contributed by atoms with E-state index in [1.807, 2.05) is 42.5 Å². The first-order chi connectivity index (χ1) is 16.6. The topological polar surface area (TPSA) is 79.9 Å². The maximum absolute atomic E-state index is 12.8. The minimum atomic E-state index is -0.227. The molecule has 0 radical (unpaired) electrons. The van der Waals surface area contributed by atoms with Gasteiger partial charge in [0.25, 0.3) is 5.91 Å². The Kier molecular flexibility index (Phi) is 6.29. The van der Waals surface area contributed by atoms with E-state index in [0.29, 0.717) is 41.9 Å². The van der Waals surface area contributed by atoms with Crippen LogP contribution in [0.15, 0.2) is 72.8 Å². The number of morpholine rings is 1. The van der Waals surface area contributed by atoms with Crippen molar-refractivity contribution in [1.29, 1.82) is 0 Å². The third-order valence-corrected chi connectivity index (χ3v) is 6.35. The number of hydrogen-bond donors (Lipinski definition) is 2. The Balaban J connectivity index is 1.24. The molecule has 0 aliphatic carbocycles. The van der Waals surface area contributed by atoms with Crippen LogP contribution >= 0.6 is 0 Å². The zero-order chi connectivity index (χ0) is 23.5. The van der Waals surface area contributed by atoms with Gasteiger partial charge >= 0.3 is 0 Å². The average molecular weight is 458 g/mol. The van der Waals surface area contributed by atoms with Crippen molar-refractivity contribution in [2.24, 2.45) is 0 Å². The minimum absolute atomic E-state index is 0.120. The quantitative estimate of drug-likeness (QED) is 0.560. The van der Waals surface area contributed by atoms with Crippen LogP contribution in [0.3, 0.4) is 0 Å². The summed E-state index contributed by atoms with van der Waals surface area (Å²) < 4.78 is 11.0. The lowest BCUT2D eigenvalue weighted by Crippen LogP contribution is -2.41. The summed E-state index contributed by atoms with van der Waals surface area (Å²) in [4.78, 5) is 27.6. The largest absolute Gasteiger partial charge is 0.495 e. The molecule has 174 valence electrons. The van der Waals surface area contributed by atoms with E-state index in [1.165, 1.54) is 0 Å². The molecule has 3 aromatic rings. The van der Waals surface area contributed by atoms with Gasteiger partial charge in [0.2, 0.25) is 5.91 Å². The summed E-state index contributed by atoms with van der Waals surface area (Å²) in [5, 5.41) is 5.83. The van der Waals surface area contributed by atoms with Gasteiger partial charge < -0.3 is 20.1 Å². The Labute approximate surface area is 198 Å². The van der Waals surface area contributed by atoms with Crippen LogP contribution in [-0.2, 0) is 9.53 Å². The number of carbonyl (C=O) groups is 2. The lowest BCUT2D eigenvalue weighted by molar-refractivity contribution is -0.118. The molecule has 0 saturated carbocycles. The van der Waals surface area contributed by atoms with Gasteiger partial charge in [-0.1, -0.05) is 42.5 Å². The lowest BCUT2D eigenvalue weighted by Gasteiger charge is -2.26. The van der Waals surface area contributed by atoms with E-state index in [2.05, 4.69) is 15.5 Å². The van der Waals surface area contributed by atoms with Gasteiger partial charge in [-0.05, 0) is 47.9 Å². The van der Waals surface area contributed by atoms with Gasteiger partial charge in [-0.25, -0.2) is 0 Å². The van der Waals surface area contributed by atoms with Crippen LogP contribution in [-0.4, -0.2) is 55.7 Å². The van der Waals surface area contributed by atoms with Crippen molar-refractivity contribution in [3.63, 3.8) is 0 Å². The van der Waals surface area contributed by atoms with Crippen LogP contribution in [0.1, 0.15) is 16.8 Å². The number of methoxy groups -OCH3 is 1. The van der Waals surface area contributed by atoms with Crippen molar-refractivity contribution < 1.29 is 19.1 Å². The molecule has 2 saturated heterocycles. The summed E-state index contributed by atoms with van der Waals surface area (Å²) in [6.07, 6.45) is 1.23. The number of anilines is 2. The van der Waals surface area contributed by atoms with E-state index in [0.717, 1.165) is 24.1 Å². The second-order valence-electron chi connectivity index (χ2n) is 8.64. The van der Waals surface area contributed by atoms with Gasteiger partial charge in [0, 0.05) is 23.8 Å². The highest BCUT2D eigenvalue weighted by Gasteiger charge is 2.39. The number of rotatable bonds is 7. The summed E-state index contributed by atoms with van der Waals surface area (Å²) >= 11 is 0. The van der Waals surface area contributed by atoms with Crippen LogP contribution < -0.4 is 15.4 Å². The first kappa shape index (κ1) is 22.1. The molecule has 7 nitrogen and oxygen atoms in total. The molecule has 5 rings (SSSR count). The number of carbonyl (C=O) groups excluding carboxylic acids is 2. The molecule has 3 aromatic carbocycles. The molecule has 0 unspecified atom stereocenters. The van der Waals surface area contributed by atoms with Crippen LogP contribution in [0, 0.1) is 0 Å². The van der Waals surface area contributed by atoms with E-state index < -0.39 is 0 Å². The summed E-state index contributed by atoms with van der Waals surface area (Å²) in [5.74, 6) is 0.186. The predicted octanol–water partition coefficient (Wildman–Crippen LogP) is 4.03. The van der Waals surface area contributed by atoms with Crippen molar-refractivity contribution in [2.45, 2.75) is 18.6 Å². The molecule has 2 aliphatic heterocycles. The number of likely N-dealkylation sites (tertiary alicyclic amines) is 1. The van der Waals surface area contributed by atoms with Crippen LogP contribution in [0.25, 0.3) is 11.1 Å². The second-order valence-corrected chi connectivity index (χ2v) is 8.64. The number of benzene rings is 3. The number of nitrogens with zero attached hydrogens (tertiary/aromatic N) is 1. The van der Waals surface area contributed by atoms with Gasteiger partial charge in [0.1, 0.15) is 5.75 Å². The third kappa shape index (κ3) is 4.81. The Morgan fingerprint density at radius 1 is 1.00 bits per heavy atom. The summed E-state index contributed by atoms with van der Waals surface area (Å²) in [6, 6.07) is 23.0. The Bertz CT molecular complexity index is 1180. The van der Waals surface area contributed by atoms with E-state index in [4.69, 9.17) is 9.47 Å². The molecule has 2 N–H and O–H groups in total. The Morgan fingerprint density at radius 3 is 2.44 bits per heavy atom. The predicted molar refractivity (Wildman–Crippen MR) is 131 cm³/mol. The molecule has 2 heterocycles. The van der Waals surface area contributed by atoms with Crippen molar-refractivity contribution >= 4 is 23.2 Å². The number of ether oxygens (including phenoxy) is 2. The smallest absolute Gasteiger partial charge is 0.255 e. The van der Waals surface area contributed by atoms with Crippen LogP contribution in [0.4, 0.5) is 11.4 Å². The van der Waals surface area contributed by atoms with Gasteiger partial charge in [0.15, 0.2) is 0 Å². The zero-order valence-corrected chi connectivity index (χ0v) is 19.0. The first-order valence-electron chi connectivity index (χ1n) is 11.4. The minimum Gasteiger partial charge on any atom is -0.495 e. The van der Waals surface area contributed by atoms with E-state index in [-0.39, 0.29) is 17.9 Å². The second kappa shape index (κ2) is 9.67. The van der Waals surface area contributed by atoms with Crippen LogP contribution in [0.5, 0.6) is 5.75 Å². The van der Waals surface area contributed by atoms with Gasteiger partial charge in [0.05, 0.1) is 32.1 Å². The zero-order valence-electron chi connectivity index (χ0n) is 19.0. The van der Waals surface area contributed by atoms with Crippen molar-refractivity contribution in [2.75, 3.05) is 37.4 Å². The molecule has 2 aliphatic rings. The number of amides is 2. The van der Waals surface area contributed by atoms with Gasteiger partial charge in [-0.3, -0.25) is 14.5 Å². The monoisotopic (exact) mass is 457 g/mol. The fourth-order valence-corrected chi connectivity index (χ4v) is 4.58. The molecular weight excluding hydrogens is 430 g/mol. The molecule has 2 fully saturated rings. The third-order valence-electron chi connectivity index (χ3n) is 6.35. The number of nitrogens with one attached hydrogen (secondary N) is 2. The Hall–Kier alpha value is -3.68. The maximum atomic E-state index is 12.8. The van der Waals surface area contributed by atoms with Crippen molar-refractivity contribution in [1.82, 2.24) is 4.90 Å². The SMILES string of the molecule is COc1ccc(NC(=O)c2ccc(-c3ccccc3)cc2)cc1NC(=O)CN1C[C@H]2C[C@H]1CO2. The first-order valence-corrected chi connectivity index (χ1v) is 11.4. The fraction of sp³-hybridized carbons (Fsp3) is 0.259. The summed E-state index contributed by atoms with van der Waals surface area (Å²) in [7, 11) is 1.55.